The first kappa shape index (κ1) is 23.7. The van der Waals surface area contributed by atoms with Gasteiger partial charge in [0.1, 0.15) is 12.4 Å². The Morgan fingerprint density at radius 2 is 1.68 bits per heavy atom. The topological polar surface area (TPSA) is 48.0 Å². The standard InChI is InChI=1S/C29H33NO4/c1-3-4-8-19-33-28-26-20-30(29(31)25(26)15-16-27(28)32-2)18-17-22-11-13-24(14-12-22)34-21-23-9-6-5-7-10-23/h5-7,9-16H,3-4,8,17-21H2,1-2H3. The summed E-state index contributed by atoms with van der Waals surface area (Å²) >= 11 is 0. The number of fused-ring (bicyclic) bond motifs is 1. The maximum atomic E-state index is 13.0. The van der Waals surface area contributed by atoms with Crippen LogP contribution >= 0.6 is 0 Å². The van der Waals surface area contributed by atoms with E-state index in [2.05, 4.69) is 31.2 Å². The molecule has 4 rings (SSSR count). The second-order valence-corrected chi connectivity index (χ2v) is 8.57. The molecule has 1 aliphatic heterocycles. The third-order valence-electron chi connectivity index (χ3n) is 6.15. The highest BCUT2D eigenvalue weighted by Crippen LogP contribution is 2.38. The molecule has 34 heavy (non-hydrogen) atoms. The quantitative estimate of drug-likeness (QED) is 0.310. The van der Waals surface area contributed by atoms with Gasteiger partial charge in [-0.1, -0.05) is 62.2 Å². The number of unbranched alkanes of at least 4 members (excludes halogenated alkanes) is 2. The minimum absolute atomic E-state index is 0.0545. The van der Waals surface area contributed by atoms with Gasteiger partial charge in [0.05, 0.1) is 20.3 Å². The third-order valence-corrected chi connectivity index (χ3v) is 6.15. The molecule has 5 heteroatoms. The minimum Gasteiger partial charge on any atom is -0.493 e. The Labute approximate surface area is 202 Å². The van der Waals surface area contributed by atoms with Crippen molar-refractivity contribution in [1.29, 1.82) is 0 Å². The predicted octanol–water partition coefficient (Wildman–Crippen LogP) is 6.04. The van der Waals surface area contributed by atoms with Gasteiger partial charge in [0.15, 0.2) is 11.5 Å². The summed E-state index contributed by atoms with van der Waals surface area (Å²) in [4.78, 5) is 14.9. The highest BCUT2D eigenvalue weighted by atomic mass is 16.5. The fourth-order valence-corrected chi connectivity index (χ4v) is 4.18. The summed E-state index contributed by atoms with van der Waals surface area (Å²) in [5, 5.41) is 0. The molecule has 1 heterocycles. The molecular weight excluding hydrogens is 426 g/mol. The van der Waals surface area contributed by atoms with E-state index >= 15 is 0 Å². The van der Waals surface area contributed by atoms with Crippen LogP contribution in [0.1, 0.15) is 53.2 Å². The van der Waals surface area contributed by atoms with Crippen molar-refractivity contribution in [2.24, 2.45) is 0 Å². The van der Waals surface area contributed by atoms with Crippen molar-refractivity contribution in [1.82, 2.24) is 4.90 Å². The Morgan fingerprint density at radius 1 is 0.882 bits per heavy atom. The van der Waals surface area contributed by atoms with Crippen molar-refractivity contribution in [2.75, 3.05) is 20.3 Å². The van der Waals surface area contributed by atoms with Crippen LogP contribution in [0.4, 0.5) is 0 Å². The van der Waals surface area contributed by atoms with E-state index in [0.29, 0.717) is 37.8 Å². The number of carbonyl (C=O) groups is 1. The predicted molar refractivity (Wildman–Crippen MR) is 134 cm³/mol. The number of hydrogen-bond acceptors (Lipinski definition) is 4. The zero-order valence-electron chi connectivity index (χ0n) is 20.1. The molecule has 0 saturated heterocycles. The van der Waals surface area contributed by atoms with Crippen molar-refractivity contribution in [3.8, 4) is 17.2 Å². The molecule has 3 aromatic rings. The average Bonchev–Trinajstić information content (AvgIpc) is 3.21. The third kappa shape index (κ3) is 5.71. The fourth-order valence-electron chi connectivity index (χ4n) is 4.18. The normalized spacial score (nSPS) is 12.5. The lowest BCUT2D eigenvalue weighted by atomic mass is 10.1. The maximum Gasteiger partial charge on any atom is 0.254 e. The molecule has 5 nitrogen and oxygen atoms in total. The monoisotopic (exact) mass is 459 g/mol. The van der Waals surface area contributed by atoms with E-state index < -0.39 is 0 Å². The molecule has 0 radical (unpaired) electrons. The average molecular weight is 460 g/mol. The number of carbonyl (C=O) groups excluding carboxylic acids is 1. The molecular formula is C29H33NO4. The van der Waals surface area contributed by atoms with Crippen LogP contribution in [0.15, 0.2) is 66.7 Å². The molecule has 0 fully saturated rings. The first-order chi connectivity index (χ1) is 16.7. The fraction of sp³-hybridized carbons (Fsp3) is 0.345. The van der Waals surface area contributed by atoms with Crippen molar-refractivity contribution in [3.05, 3.63) is 89.0 Å². The lowest BCUT2D eigenvalue weighted by Crippen LogP contribution is -2.26. The van der Waals surface area contributed by atoms with Crippen LogP contribution in [-0.4, -0.2) is 31.1 Å². The Hall–Kier alpha value is -3.47. The van der Waals surface area contributed by atoms with Gasteiger partial charge in [0.2, 0.25) is 0 Å². The molecule has 0 spiro atoms. The van der Waals surface area contributed by atoms with Crippen LogP contribution in [0, 0.1) is 0 Å². The molecule has 178 valence electrons. The van der Waals surface area contributed by atoms with Gasteiger partial charge >= 0.3 is 0 Å². The Bertz CT molecular complexity index is 1080. The smallest absolute Gasteiger partial charge is 0.254 e. The van der Waals surface area contributed by atoms with Crippen molar-refractivity contribution < 1.29 is 19.0 Å². The first-order valence-corrected chi connectivity index (χ1v) is 12.1. The van der Waals surface area contributed by atoms with Crippen LogP contribution in [0.25, 0.3) is 0 Å². The maximum absolute atomic E-state index is 13.0. The molecule has 0 saturated carbocycles. The highest BCUT2D eigenvalue weighted by molar-refractivity contribution is 5.99. The molecule has 1 aliphatic rings. The van der Waals surface area contributed by atoms with Crippen molar-refractivity contribution in [3.63, 3.8) is 0 Å². The van der Waals surface area contributed by atoms with Gasteiger partial charge < -0.3 is 19.1 Å². The summed E-state index contributed by atoms with van der Waals surface area (Å²) in [6, 6.07) is 21.9. The van der Waals surface area contributed by atoms with Crippen LogP contribution in [0.3, 0.4) is 0 Å². The van der Waals surface area contributed by atoms with Crippen LogP contribution in [-0.2, 0) is 19.6 Å². The second-order valence-electron chi connectivity index (χ2n) is 8.57. The van der Waals surface area contributed by atoms with Gasteiger partial charge in [-0.05, 0) is 48.2 Å². The lowest BCUT2D eigenvalue weighted by molar-refractivity contribution is 0.0780. The van der Waals surface area contributed by atoms with Crippen molar-refractivity contribution in [2.45, 2.75) is 45.8 Å². The van der Waals surface area contributed by atoms with Crippen molar-refractivity contribution >= 4 is 5.91 Å². The molecule has 0 atom stereocenters. The number of benzene rings is 3. The van der Waals surface area contributed by atoms with E-state index in [1.807, 2.05) is 47.4 Å². The Kier molecular flexibility index (Phi) is 8.08. The molecule has 0 N–H and O–H groups in total. The van der Waals surface area contributed by atoms with Crippen LogP contribution in [0.5, 0.6) is 17.2 Å². The lowest BCUT2D eigenvalue weighted by Gasteiger charge is -2.16. The van der Waals surface area contributed by atoms with Crippen LogP contribution in [0.2, 0.25) is 0 Å². The summed E-state index contributed by atoms with van der Waals surface area (Å²) in [5.41, 5.74) is 3.97. The van der Waals surface area contributed by atoms with E-state index in [4.69, 9.17) is 14.2 Å². The number of methoxy groups -OCH3 is 1. The van der Waals surface area contributed by atoms with E-state index in [-0.39, 0.29) is 5.91 Å². The van der Waals surface area contributed by atoms with Gasteiger partial charge in [0.25, 0.3) is 5.91 Å². The summed E-state index contributed by atoms with van der Waals surface area (Å²) in [7, 11) is 1.64. The summed E-state index contributed by atoms with van der Waals surface area (Å²) in [6.45, 7) is 4.55. The number of ether oxygens (including phenoxy) is 3. The molecule has 0 aliphatic carbocycles. The van der Waals surface area contributed by atoms with Gasteiger partial charge in [-0.15, -0.1) is 0 Å². The summed E-state index contributed by atoms with van der Waals surface area (Å²) < 4.78 is 17.5. The molecule has 1 amide bonds. The first-order valence-electron chi connectivity index (χ1n) is 12.1. The Morgan fingerprint density at radius 3 is 2.41 bits per heavy atom. The molecule has 0 aromatic heterocycles. The summed E-state index contributed by atoms with van der Waals surface area (Å²) in [6.07, 6.45) is 4.03. The Balaban J connectivity index is 1.34. The van der Waals surface area contributed by atoms with Gasteiger partial charge in [0, 0.05) is 17.7 Å². The highest BCUT2D eigenvalue weighted by Gasteiger charge is 2.31. The minimum atomic E-state index is 0.0545. The SMILES string of the molecule is CCCCCOc1c(OC)ccc2c1CN(CCc1ccc(OCc3ccccc3)cc1)C2=O. The van der Waals surface area contributed by atoms with E-state index in [0.717, 1.165) is 48.1 Å². The number of rotatable bonds is 12. The second kappa shape index (κ2) is 11.6. The van der Waals surface area contributed by atoms with Crippen LogP contribution < -0.4 is 14.2 Å². The number of amides is 1. The molecule has 3 aromatic carbocycles. The van der Waals surface area contributed by atoms with Gasteiger partial charge in [-0.25, -0.2) is 0 Å². The zero-order valence-corrected chi connectivity index (χ0v) is 20.1. The largest absolute Gasteiger partial charge is 0.493 e. The van der Waals surface area contributed by atoms with E-state index in [1.165, 1.54) is 5.56 Å². The number of hydrogen-bond donors (Lipinski definition) is 0. The zero-order chi connectivity index (χ0) is 23.8. The number of nitrogens with zero attached hydrogens (tertiary/aromatic N) is 1. The molecule has 0 bridgehead atoms. The van der Waals surface area contributed by atoms with Gasteiger partial charge in [-0.3, -0.25) is 4.79 Å². The summed E-state index contributed by atoms with van der Waals surface area (Å²) in [5.74, 6) is 2.30. The molecule has 0 unspecified atom stereocenters. The van der Waals surface area contributed by atoms with E-state index in [1.54, 1.807) is 7.11 Å². The van der Waals surface area contributed by atoms with E-state index in [9.17, 15) is 4.79 Å². The van der Waals surface area contributed by atoms with Gasteiger partial charge in [-0.2, -0.15) is 0 Å².